The molecule has 2 aromatic rings. The van der Waals surface area contributed by atoms with Crippen molar-refractivity contribution in [1.82, 2.24) is 15.0 Å². The van der Waals surface area contributed by atoms with E-state index >= 15 is 0 Å². The van der Waals surface area contributed by atoms with E-state index in [1.54, 1.807) is 0 Å². The summed E-state index contributed by atoms with van der Waals surface area (Å²) in [5.74, 6) is 1.46. The van der Waals surface area contributed by atoms with Gasteiger partial charge < -0.3 is 4.74 Å². The minimum atomic E-state index is 0.469. The first-order valence-electron chi connectivity index (χ1n) is 8.22. The lowest BCUT2D eigenvalue weighted by Crippen LogP contribution is -2.06. The van der Waals surface area contributed by atoms with Gasteiger partial charge >= 0.3 is 0 Å². The van der Waals surface area contributed by atoms with Crippen molar-refractivity contribution in [2.75, 3.05) is 6.61 Å². The molecule has 120 valence electrons. The van der Waals surface area contributed by atoms with Gasteiger partial charge in [0.25, 0.3) is 0 Å². The summed E-state index contributed by atoms with van der Waals surface area (Å²) in [6.45, 7) is 12.2. The summed E-state index contributed by atoms with van der Waals surface area (Å²) in [5.41, 5.74) is 5.05. The fourth-order valence-corrected chi connectivity index (χ4v) is 2.88. The first-order valence-corrected chi connectivity index (χ1v) is 8.22. The monoisotopic (exact) mass is 301 g/mol. The molecule has 1 aromatic carbocycles. The number of hydrogen-bond acceptors (Lipinski definition) is 3. The van der Waals surface area contributed by atoms with E-state index in [1.807, 2.05) is 11.6 Å². The third kappa shape index (κ3) is 3.49. The maximum absolute atomic E-state index is 5.70. The fourth-order valence-electron chi connectivity index (χ4n) is 2.88. The van der Waals surface area contributed by atoms with Gasteiger partial charge in [0, 0.05) is 12.7 Å². The summed E-state index contributed by atoms with van der Waals surface area (Å²) in [5, 5.41) is 8.43. The van der Waals surface area contributed by atoms with Gasteiger partial charge in [-0.05, 0) is 69.2 Å². The molecule has 0 aliphatic heterocycles. The number of aromatic nitrogens is 3. The Labute approximate surface area is 133 Å². The highest BCUT2D eigenvalue weighted by molar-refractivity contribution is 5.45. The summed E-state index contributed by atoms with van der Waals surface area (Å²) in [7, 11) is 0. The van der Waals surface area contributed by atoms with Crippen LogP contribution in [0.2, 0.25) is 0 Å². The summed E-state index contributed by atoms with van der Waals surface area (Å²) in [6.07, 6.45) is 4.08. The lowest BCUT2D eigenvalue weighted by atomic mass is 9.87. The molecule has 1 atom stereocenters. The van der Waals surface area contributed by atoms with Gasteiger partial charge in [-0.15, -0.1) is 5.10 Å². The summed E-state index contributed by atoms with van der Waals surface area (Å²) in [4.78, 5) is 0. The van der Waals surface area contributed by atoms with E-state index in [0.717, 1.165) is 30.8 Å². The van der Waals surface area contributed by atoms with Crippen molar-refractivity contribution >= 4 is 0 Å². The van der Waals surface area contributed by atoms with E-state index in [0.29, 0.717) is 12.5 Å². The van der Waals surface area contributed by atoms with Crippen LogP contribution < -0.4 is 4.74 Å². The molecule has 0 N–H and O–H groups in total. The van der Waals surface area contributed by atoms with E-state index in [-0.39, 0.29) is 0 Å². The predicted octanol–water partition coefficient (Wildman–Crippen LogP) is 4.05. The SMILES string of the molecule is CCOc1ccc(C(CC)Cc2cn(CC)nn2)c(C)c1C. The Morgan fingerprint density at radius 1 is 1.14 bits per heavy atom. The summed E-state index contributed by atoms with van der Waals surface area (Å²) in [6, 6.07) is 4.32. The highest BCUT2D eigenvalue weighted by atomic mass is 16.5. The fraction of sp³-hybridized carbons (Fsp3) is 0.556. The van der Waals surface area contributed by atoms with Crippen LogP contribution in [0.3, 0.4) is 0 Å². The second-order valence-electron chi connectivity index (χ2n) is 5.71. The van der Waals surface area contributed by atoms with Crippen LogP contribution in [0.4, 0.5) is 0 Å². The van der Waals surface area contributed by atoms with E-state index < -0.39 is 0 Å². The van der Waals surface area contributed by atoms with E-state index in [1.165, 1.54) is 16.7 Å². The number of aryl methyl sites for hydroxylation is 1. The molecule has 0 bridgehead atoms. The zero-order valence-electron chi connectivity index (χ0n) is 14.4. The van der Waals surface area contributed by atoms with Gasteiger partial charge in [0.1, 0.15) is 5.75 Å². The third-order valence-electron chi connectivity index (χ3n) is 4.38. The normalized spacial score (nSPS) is 12.4. The number of ether oxygens (including phenoxy) is 1. The Kier molecular flexibility index (Phi) is 5.58. The molecule has 0 spiro atoms. The Bertz CT molecular complexity index is 619. The zero-order chi connectivity index (χ0) is 16.1. The van der Waals surface area contributed by atoms with Crippen molar-refractivity contribution in [1.29, 1.82) is 0 Å². The third-order valence-corrected chi connectivity index (χ3v) is 4.38. The largest absolute Gasteiger partial charge is 0.494 e. The van der Waals surface area contributed by atoms with Gasteiger partial charge in [-0.25, -0.2) is 0 Å². The quantitative estimate of drug-likeness (QED) is 0.774. The molecular formula is C18H27N3O. The van der Waals surface area contributed by atoms with Crippen LogP contribution in [-0.4, -0.2) is 21.6 Å². The van der Waals surface area contributed by atoms with Crippen LogP contribution >= 0.6 is 0 Å². The molecule has 0 fully saturated rings. The van der Waals surface area contributed by atoms with Crippen LogP contribution in [0, 0.1) is 13.8 Å². The summed E-state index contributed by atoms with van der Waals surface area (Å²) >= 11 is 0. The molecule has 1 aromatic heterocycles. The average molecular weight is 301 g/mol. The van der Waals surface area contributed by atoms with Gasteiger partial charge in [0.05, 0.1) is 12.3 Å². The summed E-state index contributed by atoms with van der Waals surface area (Å²) < 4.78 is 7.58. The molecule has 4 nitrogen and oxygen atoms in total. The average Bonchev–Trinajstić information content (AvgIpc) is 2.98. The van der Waals surface area contributed by atoms with E-state index in [4.69, 9.17) is 4.74 Å². The maximum Gasteiger partial charge on any atom is 0.122 e. The second kappa shape index (κ2) is 7.43. The van der Waals surface area contributed by atoms with Crippen molar-refractivity contribution in [3.63, 3.8) is 0 Å². The molecular weight excluding hydrogens is 274 g/mol. The Hall–Kier alpha value is -1.84. The van der Waals surface area contributed by atoms with Crippen LogP contribution in [0.5, 0.6) is 5.75 Å². The standard InChI is InChI=1S/C18H27N3O/c1-6-15(11-16-12-21(7-2)20-19-16)17-9-10-18(22-8-3)14(5)13(17)4/h9-10,12,15H,6-8,11H2,1-5H3. The molecule has 0 amide bonds. The number of benzene rings is 1. The molecule has 0 saturated carbocycles. The van der Waals surface area contributed by atoms with Gasteiger partial charge in [-0.3, -0.25) is 4.68 Å². The van der Waals surface area contributed by atoms with Crippen LogP contribution in [0.15, 0.2) is 18.3 Å². The van der Waals surface area contributed by atoms with Crippen molar-refractivity contribution in [3.8, 4) is 5.75 Å². The Morgan fingerprint density at radius 2 is 1.91 bits per heavy atom. The first-order chi connectivity index (χ1) is 10.6. The second-order valence-corrected chi connectivity index (χ2v) is 5.71. The molecule has 0 aliphatic carbocycles. The molecule has 22 heavy (non-hydrogen) atoms. The van der Waals surface area contributed by atoms with Gasteiger partial charge in [0.15, 0.2) is 0 Å². The molecule has 0 radical (unpaired) electrons. The molecule has 4 heteroatoms. The number of hydrogen-bond donors (Lipinski definition) is 0. The van der Waals surface area contributed by atoms with Crippen LogP contribution in [0.25, 0.3) is 0 Å². The zero-order valence-corrected chi connectivity index (χ0v) is 14.4. The lowest BCUT2D eigenvalue weighted by Gasteiger charge is -2.20. The van der Waals surface area contributed by atoms with Gasteiger partial charge in [-0.2, -0.15) is 0 Å². The minimum absolute atomic E-state index is 0.469. The Morgan fingerprint density at radius 3 is 2.50 bits per heavy atom. The van der Waals surface area contributed by atoms with Crippen molar-refractivity contribution in [2.45, 2.75) is 59.9 Å². The van der Waals surface area contributed by atoms with Crippen molar-refractivity contribution in [3.05, 3.63) is 40.7 Å². The highest BCUT2D eigenvalue weighted by Crippen LogP contribution is 2.32. The van der Waals surface area contributed by atoms with Crippen molar-refractivity contribution in [2.24, 2.45) is 0 Å². The minimum Gasteiger partial charge on any atom is -0.494 e. The lowest BCUT2D eigenvalue weighted by molar-refractivity contribution is 0.337. The maximum atomic E-state index is 5.70. The highest BCUT2D eigenvalue weighted by Gasteiger charge is 2.17. The van der Waals surface area contributed by atoms with Crippen LogP contribution in [0.1, 0.15) is 55.5 Å². The number of rotatable bonds is 7. The van der Waals surface area contributed by atoms with Gasteiger partial charge in [-0.1, -0.05) is 18.2 Å². The molecule has 1 heterocycles. The first kappa shape index (κ1) is 16.5. The van der Waals surface area contributed by atoms with E-state index in [2.05, 4.69) is 56.3 Å². The number of nitrogens with zero attached hydrogens (tertiary/aromatic N) is 3. The molecule has 0 aliphatic rings. The molecule has 1 unspecified atom stereocenters. The molecule has 0 saturated heterocycles. The topological polar surface area (TPSA) is 39.9 Å². The van der Waals surface area contributed by atoms with Gasteiger partial charge in [0.2, 0.25) is 0 Å². The van der Waals surface area contributed by atoms with E-state index in [9.17, 15) is 0 Å². The Balaban J connectivity index is 2.25. The van der Waals surface area contributed by atoms with Crippen LogP contribution in [-0.2, 0) is 13.0 Å². The predicted molar refractivity (Wildman–Crippen MR) is 89.5 cm³/mol. The van der Waals surface area contributed by atoms with Crippen molar-refractivity contribution < 1.29 is 4.74 Å². The molecule has 2 rings (SSSR count). The smallest absolute Gasteiger partial charge is 0.122 e.